The Hall–Kier alpha value is -3.24. The quantitative estimate of drug-likeness (QED) is 0.515. The third-order valence-corrected chi connectivity index (χ3v) is 5.45. The Morgan fingerprint density at radius 2 is 1.93 bits per heavy atom. The number of carbonyl (C=O) groups excluding carboxylic acids is 1. The monoisotopic (exact) mass is 419 g/mol. The highest BCUT2D eigenvalue weighted by Gasteiger charge is 2.23. The molecule has 29 heavy (non-hydrogen) atoms. The molecule has 0 fully saturated rings. The van der Waals surface area contributed by atoms with Crippen LogP contribution in [0.2, 0.25) is 0 Å². The average molecular weight is 419 g/mol. The van der Waals surface area contributed by atoms with Gasteiger partial charge in [0, 0.05) is 18.7 Å². The second-order valence-electron chi connectivity index (χ2n) is 6.15. The second kappa shape index (κ2) is 8.84. The number of aromatic hydroxyl groups is 1. The predicted molar refractivity (Wildman–Crippen MR) is 108 cm³/mol. The number of hydrogen-bond acceptors (Lipinski definition) is 7. The van der Waals surface area contributed by atoms with E-state index >= 15 is 0 Å². The van der Waals surface area contributed by atoms with Gasteiger partial charge in [0.1, 0.15) is 23.0 Å². The number of amides is 1. The van der Waals surface area contributed by atoms with Crippen molar-refractivity contribution in [1.82, 2.24) is 0 Å². The number of rotatable bonds is 1. The van der Waals surface area contributed by atoms with Crippen LogP contribution in [0.3, 0.4) is 0 Å². The van der Waals surface area contributed by atoms with Gasteiger partial charge in [0.25, 0.3) is 15.9 Å². The summed E-state index contributed by atoms with van der Waals surface area (Å²) >= 11 is 0. The zero-order valence-electron chi connectivity index (χ0n) is 15.4. The molecule has 2 aromatic rings. The molecule has 0 unspecified atom stereocenters. The zero-order chi connectivity index (χ0) is 20.9. The minimum atomic E-state index is -4.12. The van der Waals surface area contributed by atoms with Gasteiger partial charge in [0.05, 0.1) is 30.2 Å². The standard InChI is InChI=1S/C19H21N3O6S/c20-19(24)15-11-18-16(12-17(15)23)21-6-9-27-7-1-2-8-28-14-5-3-4-13(10-14)22-29(18,25)26/h1-5,10-12,21-23H,6-9H2,(H2,20,24)/b2-1-. The molecule has 1 aliphatic heterocycles. The van der Waals surface area contributed by atoms with E-state index in [2.05, 4.69) is 10.0 Å². The molecule has 2 bridgehead atoms. The topological polar surface area (TPSA) is 140 Å². The molecule has 1 amide bonds. The number of ether oxygens (including phenoxy) is 2. The van der Waals surface area contributed by atoms with Gasteiger partial charge in [-0.15, -0.1) is 0 Å². The minimum absolute atomic E-state index is 0.110. The molecule has 0 saturated carbocycles. The van der Waals surface area contributed by atoms with Gasteiger partial charge < -0.3 is 25.6 Å². The minimum Gasteiger partial charge on any atom is -0.507 e. The third kappa shape index (κ3) is 5.18. The summed E-state index contributed by atoms with van der Waals surface area (Å²) in [6, 6.07) is 8.64. The number of phenols is 1. The lowest BCUT2D eigenvalue weighted by molar-refractivity contribution is 0.0997. The first-order valence-corrected chi connectivity index (χ1v) is 10.2. The summed E-state index contributed by atoms with van der Waals surface area (Å²) in [7, 11) is -4.12. The number of hydrogen-bond donors (Lipinski definition) is 4. The lowest BCUT2D eigenvalue weighted by atomic mass is 10.1. The number of carbonyl (C=O) groups is 1. The van der Waals surface area contributed by atoms with Gasteiger partial charge in [0.15, 0.2) is 0 Å². The smallest absolute Gasteiger partial charge is 0.263 e. The summed E-state index contributed by atoms with van der Waals surface area (Å²) in [6.07, 6.45) is 3.62. The zero-order valence-corrected chi connectivity index (χ0v) is 16.2. The highest BCUT2D eigenvalue weighted by atomic mass is 32.2. The Kier molecular flexibility index (Phi) is 6.25. The van der Waals surface area contributed by atoms with Gasteiger partial charge >= 0.3 is 0 Å². The SMILES string of the molecule is NC(=O)c1cc2c(cc1O)NCCOC/C=C\COc1cccc(c1)NS2(=O)=O. The highest BCUT2D eigenvalue weighted by Crippen LogP contribution is 2.31. The normalized spacial score (nSPS) is 17.7. The van der Waals surface area contributed by atoms with Crippen LogP contribution in [0.1, 0.15) is 10.4 Å². The lowest BCUT2D eigenvalue weighted by Crippen LogP contribution is -2.19. The van der Waals surface area contributed by atoms with Crippen molar-refractivity contribution in [2.75, 3.05) is 36.4 Å². The van der Waals surface area contributed by atoms with Crippen LogP contribution in [-0.4, -0.2) is 45.8 Å². The van der Waals surface area contributed by atoms with E-state index in [0.717, 1.165) is 12.1 Å². The van der Waals surface area contributed by atoms with Gasteiger partial charge in [-0.3, -0.25) is 9.52 Å². The van der Waals surface area contributed by atoms with E-state index in [1.165, 1.54) is 6.07 Å². The Balaban J connectivity index is 2.05. The van der Waals surface area contributed by atoms with Crippen molar-refractivity contribution >= 4 is 27.3 Å². The molecule has 5 N–H and O–H groups in total. The summed E-state index contributed by atoms with van der Waals surface area (Å²) in [5.74, 6) is -0.893. The van der Waals surface area contributed by atoms with Crippen LogP contribution in [0.15, 0.2) is 53.4 Å². The summed E-state index contributed by atoms with van der Waals surface area (Å²) in [6.45, 7) is 1.23. The number of nitrogens with one attached hydrogen (secondary N) is 2. The van der Waals surface area contributed by atoms with E-state index in [4.69, 9.17) is 15.2 Å². The molecule has 10 heteroatoms. The fourth-order valence-electron chi connectivity index (χ4n) is 2.68. The van der Waals surface area contributed by atoms with Crippen molar-refractivity contribution < 1.29 is 27.8 Å². The van der Waals surface area contributed by atoms with E-state index < -0.39 is 21.7 Å². The van der Waals surface area contributed by atoms with Crippen LogP contribution < -0.4 is 20.5 Å². The van der Waals surface area contributed by atoms with Crippen LogP contribution in [-0.2, 0) is 14.8 Å². The van der Waals surface area contributed by atoms with Gasteiger partial charge in [-0.25, -0.2) is 8.42 Å². The molecule has 0 aliphatic carbocycles. The van der Waals surface area contributed by atoms with Crippen molar-refractivity contribution in [3.63, 3.8) is 0 Å². The molecule has 0 radical (unpaired) electrons. The first-order chi connectivity index (χ1) is 13.9. The predicted octanol–water partition coefficient (Wildman–Crippen LogP) is 1.67. The van der Waals surface area contributed by atoms with Crippen LogP contribution in [0.25, 0.3) is 0 Å². The summed E-state index contributed by atoms with van der Waals surface area (Å²) in [5.41, 5.74) is 5.34. The fraction of sp³-hybridized carbons (Fsp3) is 0.211. The fourth-order valence-corrected chi connectivity index (χ4v) is 3.92. The maximum Gasteiger partial charge on any atom is 0.263 e. The number of nitrogens with two attached hydrogens (primary N) is 1. The third-order valence-electron chi connectivity index (χ3n) is 4.03. The van der Waals surface area contributed by atoms with Gasteiger partial charge in [-0.2, -0.15) is 0 Å². The Labute approximate surface area is 168 Å². The second-order valence-corrected chi connectivity index (χ2v) is 7.80. The Morgan fingerprint density at radius 3 is 2.72 bits per heavy atom. The summed E-state index contributed by atoms with van der Waals surface area (Å²) < 4.78 is 39.5. The number of fused-ring (bicyclic) bond motifs is 3. The maximum absolute atomic E-state index is 13.0. The molecule has 2 aromatic carbocycles. The van der Waals surface area contributed by atoms with Crippen LogP contribution in [0.5, 0.6) is 11.5 Å². The van der Waals surface area contributed by atoms with E-state index in [9.17, 15) is 18.3 Å². The average Bonchev–Trinajstić information content (AvgIpc) is 2.65. The highest BCUT2D eigenvalue weighted by molar-refractivity contribution is 7.92. The van der Waals surface area contributed by atoms with Gasteiger partial charge in [0.2, 0.25) is 0 Å². The molecule has 1 heterocycles. The van der Waals surface area contributed by atoms with E-state index in [1.54, 1.807) is 24.3 Å². The molecule has 3 rings (SSSR count). The van der Waals surface area contributed by atoms with Gasteiger partial charge in [-0.05, 0) is 24.3 Å². The molecular weight excluding hydrogens is 398 g/mol. The number of primary amides is 1. The molecule has 154 valence electrons. The molecule has 0 atom stereocenters. The lowest BCUT2D eigenvalue weighted by Gasteiger charge is -2.16. The number of anilines is 2. The van der Waals surface area contributed by atoms with Crippen LogP contribution >= 0.6 is 0 Å². The number of benzene rings is 2. The first-order valence-electron chi connectivity index (χ1n) is 8.76. The van der Waals surface area contributed by atoms with Crippen LogP contribution in [0, 0.1) is 0 Å². The Morgan fingerprint density at radius 1 is 1.14 bits per heavy atom. The molecular formula is C19H21N3O6S. The van der Waals surface area contributed by atoms with Crippen molar-refractivity contribution in [1.29, 1.82) is 0 Å². The van der Waals surface area contributed by atoms with Gasteiger partial charge in [-0.1, -0.05) is 12.1 Å². The maximum atomic E-state index is 13.0. The first kappa shape index (κ1) is 20.5. The molecule has 0 saturated heterocycles. The number of sulfonamides is 1. The van der Waals surface area contributed by atoms with Crippen molar-refractivity contribution in [2.24, 2.45) is 5.73 Å². The molecule has 0 aromatic heterocycles. The largest absolute Gasteiger partial charge is 0.507 e. The molecule has 9 nitrogen and oxygen atoms in total. The van der Waals surface area contributed by atoms with Crippen molar-refractivity contribution in [3.05, 3.63) is 54.1 Å². The summed E-state index contributed by atoms with van der Waals surface area (Å²) in [5, 5.41) is 13.0. The van der Waals surface area contributed by atoms with E-state index in [-0.39, 0.29) is 35.0 Å². The summed E-state index contributed by atoms with van der Waals surface area (Å²) in [4.78, 5) is 11.3. The van der Waals surface area contributed by atoms with E-state index in [0.29, 0.717) is 19.0 Å². The van der Waals surface area contributed by atoms with Crippen molar-refractivity contribution in [2.45, 2.75) is 4.90 Å². The Bertz CT molecular complexity index is 1040. The van der Waals surface area contributed by atoms with Crippen LogP contribution in [0.4, 0.5) is 11.4 Å². The molecule has 1 aliphatic rings. The molecule has 0 spiro atoms. The van der Waals surface area contributed by atoms with Crippen molar-refractivity contribution in [3.8, 4) is 11.5 Å². The van der Waals surface area contributed by atoms with E-state index in [1.807, 2.05) is 6.08 Å².